The Bertz CT molecular complexity index is 1100. The van der Waals surface area contributed by atoms with Gasteiger partial charge in [0, 0.05) is 31.4 Å². The van der Waals surface area contributed by atoms with E-state index in [-0.39, 0.29) is 19.4 Å². The fourth-order valence-electron chi connectivity index (χ4n) is 5.42. The first-order chi connectivity index (χ1) is 17.4. The third-order valence-electron chi connectivity index (χ3n) is 7.33. The van der Waals surface area contributed by atoms with Crippen molar-refractivity contribution in [2.75, 3.05) is 25.0 Å². The van der Waals surface area contributed by atoms with Crippen molar-refractivity contribution in [2.24, 2.45) is 0 Å². The van der Waals surface area contributed by atoms with Gasteiger partial charge in [0.2, 0.25) is 0 Å². The number of pyridine rings is 1. The molecule has 1 saturated carbocycles. The zero-order chi connectivity index (χ0) is 25.1. The number of hydrogen-bond acceptors (Lipinski definition) is 8. The maximum atomic E-state index is 12.4. The van der Waals surface area contributed by atoms with Gasteiger partial charge in [-0.05, 0) is 55.1 Å². The number of fused-ring (bicyclic) bond motifs is 2. The molecular formula is C27H33ClN4O4. The quantitative estimate of drug-likeness (QED) is 0.578. The lowest BCUT2D eigenvalue weighted by Gasteiger charge is -2.33. The molecule has 8 nitrogen and oxygen atoms in total. The number of hydrogen-bond donors (Lipinski definition) is 2. The largest absolute Gasteiger partial charge is 0.416 e. The van der Waals surface area contributed by atoms with Crippen LogP contribution in [-0.2, 0) is 37.8 Å². The van der Waals surface area contributed by atoms with Gasteiger partial charge in [-0.1, -0.05) is 36.9 Å². The number of halogens is 1. The first-order valence-corrected chi connectivity index (χ1v) is 13.2. The molecule has 5 rings (SSSR count). The smallest absolute Gasteiger partial charge is 0.309 e. The Morgan fingerprint density at radius 2 is 1.83 bits per heavy atom. The van der Waals surface area contributed by atoms with Crippen molar-refractivity contribution in [2.45, 2.75) is 69.7 Å². The van der Waals surface area contributed by atoms with E-state index in [0.29, 0.717) is 29.6 Å². The maximum Gasteiger partial charge on any atom is 0.309 e. The van der Waals surface area contributed by atoms with Gasteiger partial charge in [0.05, 0.1) is 30.1 Å². The number of rotatable bonds is 5. The highest BCUT2D eigenvalue weighted by molar-refractivity contribution is 6.33. The molecule has 3 aliphatic rings. The standard InChI is InChI=1S/C27H33ClN4O4/c1-32(23-10-7-18(16-31-23)15-30-19-5-3-2-4-6-19)26-20-13-14-29-17-27(21(20)8-9-22(26)28)35-24(33)11-12-25(34)36-27/h7-10,16,19,29-30H,2-6,11-15,17H2,1H3. The van der Waals surface area contributed by atoms with Gasteiger partial charge in [-0.3, -0.25) is 9.59 Å². The van der Waals surface area contributed by atoms with Crippen molar-refractivity contribution in [3.8, 4) is 0 Å². The number of benzene rings is 1. The molecule has 1 spiro atoms. The summed E-state index contributed by atoms with van der Waals surface area (Å²) in [6.45, 7) is 1.60. The van der Waals surface area contributed by atoms with Crippen molar-refractivity contribution in [1.29, 1.82) is 0 Å². The molecule has 1 aromatic carbocycles. The number of aromatic nitrogens is 1. The summed E-state index contributed by atoms with van der Waals surface area (Å²) in [4.78, 5) is 31.4. The second-order valence-corrected chi connectivity index (χ2v) is 10.3. The van der Waals surface area contributed by atoms with Gasteiger partial charge in [-0.25, -0.2) is 4.98 Å². The Kier molecular flexibility index (Phi) is 7.46. The number of carbonyl (C=O) groups is 2. The van der Waals surface area contributed by atoms with Gasteiger partial charge in [0.15, 0.2) is 0 Å². The predicted molar refractivity (Wildman–Crippen MR) is 137 cm³/mol. The first-order valence-electron chi connectivity index (χ1n) is 12.8. The van der Waals surface area contributed by atoms with Gasteiger partial charge in [0.25, 0.3) is 5.79 Å². The SMILES string of the molecule is CN(c1ccc(CNC2CCCCC2)cn1)c1c(Cl)ccc2c1CCNCC21OC(=O)CCC(=O)O1. The summed E-state index contributed by atoms with van der Waals surface area (Å²) < 4.78 is 11.5. The normalized spacial score (nSPS) is 20.2. The molecule has 1 aromatic heterocycles. The molecule has 36 heavy (non-hydrogen) atoms. The fraction of sp³-hybridized carbons (Fsp3) is 0.519. The van der Waals surface area contributed by atoms with Crippen LogP contribution < -0.4 is 15.5 Å². The molecule has 0 amide bonds. The van der Waals surface area contributed by atoms with Crippen LogP contribution in [0, 0.1) is 0 Å². The predicted octanol–water partition coefficient (Wildman–Crippen LogP) is 4.10. The van der Waals surface area contributed by atoms with Crippen LogP contribution in [-0.4, -0.2) is 43.1 Å². The van der Waals surface area contributed by atoms with Crippen molar-refractivity contribution >= 4 is 35.0 Å². The average Bonchev–Trinajstić information content (AvgIpc) is 3.15. The molecule has 2 aliphatic heterocycles. The molecule has 192 valence electrons. The minimum atomic E-state index is -1.52. The molecule has 1 aliphatic carbocycles. The summed E-state index contributed by atoms with van der Waals surface area (Å²) in [5, 5.41) is 7.46. The van der Waals surface area contributed by atoms with Gasteiger partial charge in [-0.2, -0.15) is 0 Å². The first kappa shape index (κ1) is 25.0. The molecule has 0 bridgehead atoms. The Balaban J connectivity index is 1.42. The summed E-state index contributed by atoms with van der Waals surface area (Å²) in [6, 6.07) is 8.22. The lowest BCUT2D eigenvalue weighted by atomic mass is 9.95. The third kappa shape index (κ3) is 5.21. The van der Waals surface area contributed by atoms with Crippen molar-refractivity contribution < 1.29 is 19.1 Å². The van der Waals surface area contributed by atoms with E-state index in [0.717, 1.165) is 29.2 Å². The molecule has 2 N–H and O–H groups in total. The number of nitrogens with one attached hydrogen (secondary N) is 2. The Hall–Kier alpha value is -2.68. The van der Waals surface area contributed by atoms with E-state index in [2.05, 4.69) is 16.7 Å². The van der Waals surface area contributed by atoms with Crippen molar-refractivity contribution in [3.05, 3.63) is 52.2 Å². The van der Waals surface area contributed by atoms with Crippen LogP contribution in [0.5, 0.6) is 0 Å². The van der Waals surface area contributed by atoms with Crippen LogP contribution in [0.2, 0.25) is 5.02 Å². The zero-order valence-corrected chi connectivity index (χ0v) is 21.4. The van der Waals surface area contributed by atoms with Crippen LogP contribution in [0.4, 0.5) is 11.5 Å². The van der Waals surface area contributed by atoms with Gasteiger partial charge < -0.3 is 25.0 Å². The summed E-state index contributed by atoms with van der Waals surface area (Å²) in [7, 11) is 1.92. The number of carbonyl (C=O) groups excluding carboxylic acids is 2. The zero-order valence-electron chi connectivity index (χ0n) is 20.6. The molecule has 2 aromatic rings. The highest BCUT2D eigenvalue weighted by Gasteiger charge is 2.46. The molecule has 0 radical (unpaired) electrons. The van der Waals surface area contributed by atoms with Crippen LogP contribution in [0.1, 0.15) is 61.6 Å². The molecule has 0 atom stereocenters. The van der Waals surface area contributed by atoms with E-state index in [1.165, 1.54) is 32.1 Å². The van der Waals surface area contributed by atoms with Crippen LogP contribution in [0.25, 0.3) is 0 Å². The summed E-state index contributed by atoms with van der Waals surface area (Å²) in [6.07, 6.45) is 8.96. The molecule has 3 heterocycles. The summed E-state index contributed by atoms with van der Waals surface area (Å²) >= 11 is 6.73. The lowest BCUT2D eigenvalue weighted by Crippen LogP contribution is -2.43. The lowest BCUT2D eigenvalue weighted by molar-refractivity contribution is -0.225. The molecule has 0 unspecified atom stereocenters. The average molecular weight is 513 g/mol. The van der Waals surface area contributed by atoms with Crippen LogP contribution >= 0.6 is 11.6 Å². The highest BCUT2D eigenvalue weighted by Crippen LogP contribution is 2.42. The Morgan fingerprint density at radius 3 is 2.53 bits per heavy atom. The Labute approximate surface area is 216 Å². The van der Waals surface area contributed by atoms with Gasteiger partial charge >= 0.3 is 11.9 Å². The van der Waals surface area contributed by atoms with E-state index >= 15 is 0 Å². The fourth-order valence-corrected chi connectivity index (χ4v) is 5.73. The summed E-state index contributed by atoms with van der Waals surface area (Å²) in [5.74, 6) is -1.69. The topological polar surface area (TPSA) is 92.8 Å². The van der Waals surface area contributed by atoms with Gasteiger partial charge in [-0.15, -0.1) is 0 Å². The van der Waals surface area contributed by atoms with E-state index < -0.39 is 17.7 Å². The second-order valence-electron chi connectivity index (χ2n) is 9.85. The number of ether oxygens (including phenoxy) is 2. The molecule has 9 heteroatoms. The molecule has 1 saturated heterocycles. The highest BCUT2D eigenvalue weighted by atomic mass is 35.5. The van der Waals surface area contributed by atoms with Crippen molar-refractivity contribution in [1.82, 2.24) is 15.6 Å². The van der Waals surface area contributed by atoms with Gasteiger partial charge in [0.1, 0.15) is 5.82 Å². The van der Waals surface area contributed by atoms with Crippen LogP contribution in [0.3, 0.4) is 0 Å². The minimum Gasteiger partial charge on any atom is -0.416 e. The third-order valence-corrected chi connectivity index (χ3v) is 7.64. The van der Waals surface area contributed by atoms with Crippen molar-refractivity contribution in [3.63, 3.8) is 0 Å². The molecular weight excluding hydrogens is 480 g/mol. The molecule has 2 fully saturated rings. The Morgan fingerprint density at radius 1 is 1.08 bits per heavy atom. The number of esters is 2. The van der Waals surface area contributed by atoms with E-state index in [1.54, 1.807) is 12.1 Å². The maximum absolute atomic E-state index is 12.4. The summed E-state index contributed by atoms with van der Waals surface area (Å²) in [5.41, 5.74) is 3.39. The van der Waals surface area contributed by atoms with E-state index in [9.17, 15) is 9.59 Å². The minimum absolute atomic E-state index is 0.00212. The monoisotopic (exact) mass is 512 g/mol. The second kappa shape index (κ2) is 10.7. The van der Waals surface area contributed by atoms with E-state index in [1.807, 2.05) is 24.2 Å². The number of anilines is 2. The van der Waals surface area contributed by atoms with E-state index in [4.69, 9.17) is 26.1 Å². The van der Waals surface area contributed by atoms with Crippen LogP contribution in [0.15, 0.2) is 30.5 Å². The number of nitrogens with zero attached hydrogens (tertiary/aromatic N) is 2.